The highest BCUT2D eigenvalue weighted by atomic mass is 16.3. The van der Waals surface area contributed by atoms with E-state index < -0.39 is 0 Å². The molecule has 1 fully saturated rings. The Morgan fingerprint density at radius 1 is 1.62 bits per heavy atom. The summed E-state index contributed by atoms with van der Waals surface area (Å²) in [5, 5.41) is 3.26. The highest BCUT2D eigenvalue weighted by molar-refractivity contribution is 5.81. The van der Waals surface area contributed by atoms with Crippen LogP contribution in [0.15, 0.2) is 23.0 Å². The van der Waals surface area contributed by atoms with Crippen molar-refractivity contribution in [1.29, 1.82) is 0 Å². The molecule has 0 bridgehead atoms. The van der Waals surface area contributed by atoms with Gasteiger partial charge in [-0.15, -0.1) is 0 Å². The van der Waals surface area contributed by atoms with Crippen molar-refractivity contribution in [3.8, 4) is 0 Å². The quantitative estimate of drug-likeness (QED) is 0.840. The molecule has 0 radical (unpaired) electrons. The summed E-state index contributed by atoms with van der Waals surface area (Å²) in [5.74, 6) is 0.181. The van der Waals surface area contributed by atoms with Gasteiger partial charge in [0.05, 0.1) is 18.6 Å². The Kier molecular flexibility index (Phi) is 3.62. The van der Waals surface area contributed by atoms with E-state index in [1.807, 2.05) is 13.1 Å². The lowest BCUT2D eigenvalue weighted by atomic mass is 10.0. The molecule has 2 heterocycles. The lowest BCUT2D eigenvalue weighted by molar-refractivity contribution is -0.133. The largest absolute Gasteiger partial charge is 0.472 e. The zero-order chi connectivity index (χ0) is 11.4. The minimum atomic E-state index is 0.00523. The average molecular weight is 222 g/mol. The minimum Gasteiger partial charge on any atom is -0.472 e. The summed E-state index contributed by atoms with van der Waals surface area (Å²) < 4.78 is 4.99. The molecule has 4 heteroatoms. The molecular formula is C12H18N2O2. The van der Waals surface area contributed by atoms with Gasteiger partial charge in [-0.25, -0.2) is 0 Å². The van der Waals surface area contributed by atoms with E-state index in [9.17, 15) is 4.79 Å². The number of likely N-dealkylation sites (N-methyl/N-ethyl adjacent to an activating group) is 1. The van der Waals surface area contributed by atoms with Crippen LogP contribution in [0.4, 0.5) is 0 Å². The molecule has 1 aromatic heterocycles. The van der Waals surface area contributed by atoms with Crippen LogP contribution in [0.1, 0.15) is 24.8 Å². The summed E-state index contributed by atoms with van der Waals surface area (Å²) in [6.45, 7) is 1.57. The number of hydrogen-bond acceptors (Lipinski definition) is 3. The van der Waals surface area contributed by atoms with Crippen molar-refractivity contribution < 1.29 is 9.21 Å². The van der Waals surface area contributed by atoms with E-state index in [2.05, 4.69) is 5.32 Å². The predicted octanol–water partition coefficient (Wildman–Crippen LogP) is 1.38. The summed E-state index contributed by atoms with van der Waals surface area (Å²) in [5.41, 5.74) is 1.03. The Morgan fingerprint density at radius 2 is 2.50 bits per heavy atom. The van der Waals surface area contributed by atoms with Gasteiger partial charge in [0.1, 0.15) is 0 Å². The summed E-state index contributed by atoms with van der Waals surface area (Å²) >= 11 is 0. The molecule has 16 heavy (non-hydrogen) atoms. The molecule has 0 saturated carbocycles. The first kappa shape index (κ1) is 11.2. The molecule has 1 aliphatic rings. The fourth-order valence-corrected chi connectivity index (χ4v) is 2.06. The fourth-order valence-electron chi connectivity index (χ4n) is 2.06. The standard InChI is InChI=1S/C12H18N2O2/c1-14(8-10-5-7-16-9-10)12(15)11-4-2-3-6-13-11/h5,7,9,11,13H,2-4,6,8H2,1H3. The Hall–Kier alpha value is -1.29. The van der Waals surface area contributed by atoms with Gasteiger partial charge in [-0.05, 0) is 25.5 Å². The van der Waals surface area contributed by atoms with Gasteiger partial charge in [0, 0.05) is 19.2 Å². The summed E-state index contributed by atoms with van der Waals surface area (Å²) in [6, 6.07) is 1.89. The van der Waals surface area contributed by atoms with Crippen LogP contribution < -0.4 is 5.32 Å². The maximum Gasteiger partial charge on any atom is 0.239 e. The van der Waals surface area contributed by atoms with Crippen LogP contribution in [0.2, 0.25) is 0 Å². The SMILES string of the molecule is CN(Cc1ccoc1)C(=O)C1CCCCN1. The lowest BCUT2D eigenvalue weighted by Crippen LogP contribution is -2.46. The number of carbonyl (C=O) groups is 1. The van der Waals surface area contributed by atoms with Crippen LogP contribution in [0.25, 0.3) is 0 Å². The third-order valence-corrected chi connectivity index (χ3v) is 2.98. The van der Waals surface area contributed by atoms with E-state index in [0.29, 0.717) is 6.54 Å². The fraction of sp³-hybridized carbons (Fsp3) is 0.583. The van der Waals surface area contributed by atoms with E-state index in [-0.39, 0.29) is 11.9 Å². The minimum absolute atomic E-state index is 0.00523. The van der Waals surface area contributed by atoms with Crippen LogP contribution in [-0.2, 0) is 11.3 Å². The number of nitrogens with one attached hydrogen (secondary N) is 1. The second kappa shape index (κ2) is 5.16. The molecule has 0 aromatic carbocycles. The second-order valence-corrected chi connectivity index (χ2v) is 4.33. The molecule has 4 nitrogen and oxygen atoms in total. The van der Waals surface area contributed by atoms with E-state index >= 15 is 0 Å². The predicted molar refractivity (Wildman–Crippen MR) is 60.8 cm³/mol. The highest BCUT2D eigenvalue weighted by Crippen LogP contribution is 2.11. The van der Waals surface area contributed by atoms with Gasteiger partial charge in [0.25, 0.3) is 0 Å². The van der Waals surface area contributed by atoms with Crippen molar-refractivity contribution in [2.45, 2.75) is 31.8 Å². The molecule has 0 spiro atoms. The van der Waals surface area contributed by atoms with Crippen LogP contribution in [-0.4, -0.2) is 30.4 Å². The van der Waals surface area contributed by atoms with Crippen molar-refractivity contribution >= 4 is 5.91 Å². The smallest absolute Gasteiger partial charge is 0.239 e. The zero-order valence-electron chi connectivity index (χ0n) is 9.61. The van der Waals surface area contributed by atoms with Crippen molar-refractivity contribution in [3.05, 3.63) is 24.2 Å². The van der Waals surface area contributed by atoms with Crippen LogP contribution in [0.3, 0.4) is 0 Å². The molecule has 1 amide bonds. The number of nitrogens with zero attached hydrogens (tertiary/aromatic N) is 1. The van der Waals surface area contributed by atoms with Gasteiger partial charge in [0.15, 0.2) is 0 Å². The normalized spacial score (nSPS) is 20.7. The van der Waals surface area contributed by atoms with Crippen LogP contribution >= 0.6 is 0 Å². The number of furan rings is 1. The number of piperidine rings is 1. The number of hydrogen-bond donors (Lipinski definition) is 1. The molecule has 1 atom stereocenters. The van der Waals surface area contributed by atoms with E-state index in [1.165, 1.54) is 6.42 Å². The maximum absolute atomic E-state index is 12.1. The Morgan fingerprint density at radius 3 is 3.12 bits per heavy atom. The van der Waals surface area contributed by atoms with Crippen LogP contribution in [0, 0.1) is 0 Å². The molecule has 1 unspecified atom stereocenters. The lowest BCUT2D eigenvalue weighted by Gasteiger charge is -2.27. The molecule has 1 N–H and O–H groups in total. The average Bonchev–Trinajstić information content (AvgIpc) is 2.82. The number of amides is 1. The van der Waals surface area contributed by atoms with Crippen LogP contribution in [0.5, 0.6) is 0 Å². The number of rotatable bonds is 3. The summed E-state index contributed by atoms with van der Waals surface area (Å²) in [4.78, 5) is 13.8. The molecule has 0 aliphatic carbocycles. The van der Waals surface area contributed by atoms with Gasteiger partial charge in [-0.1, -0.05) is 6.42 Å². The monoisotopic (exact) mass is 222 g/mol. The van der Waals surface area contributed by atoms with E-state index in [1.54, 1.807) is 17.4 Å². The molecule has 1 aliphatic heterocycles. The summed E-state index contributed by atoms with van der Waals surface area (Å²) in [7, 11) is 1.84. The van der Waals surface area contributed by atoms with Crippen molar-refractivity contribution in [2.24, 2.45) is 0 Å². The van der Waals surface area contributed by atoms with Gasteiger partial charge in [-0.2, -0.15) is 0 Å². The Bertz CT molecular complexity index is 329. The molecular weight excluding hydrogens is 204 g/mol. The first-order chi connectivity index (χ1) is 7.77. The molecule has 2 rings (SSSR count). The third-order valence-electron chi connectivity index (χ3n) is 2.98. The highest BCUT2D eigenvalue weighted by Gasteiger charge is 2.23. The first-order valence-electron chi connectivity index (χ1n) is 5.77. The second-order valence-electron chi connectivity index (χ2n) is 4.33. The van der Waals surface area contributed by atoms with E-state index in [4.69, 9.17) is 4.42 Å². The summed E-state index contributed by atoms with van der Waals surface area (Å²) in [6.07, 6.45) is 6.58. The van der Waals surface area contributed by atoms with Crippen molar-refractivity contribution in [1.82, 2.24) is 10.2 Å². The Balaban J connectivity index is 1.88. The first-order valence-corrected chi connectivity index (χ1v) is 5.77. The maximum atomic E-state index is 12.1. The molecule has 1 saturated heterocycles. The number of carbonyl (C=O) groups excluding carboxylic acids is 1. The topological polar surface area (TPSA) is 45.5 Å². The van der Waals surface area contributed by atoms with Crippen molar-refractivity contribution in [2.75, 3.05) is 13.6 Å². The zero-order valence-corrected chi connectivity index (χ0v) is 9.61. The molecule has 1 aromatic rings. The van der Waals surface area contributed by atoms with Gasteiger partial charge in [0.2, 0.25) is 5.91 Å². The molecule has 88 valence electrons. The van der Waals surface area contributed by atoms with Gasteiger partial charge >= 0.3 is 0 Å². The van der Waals surface area contributed by atoms with E-state index in [0.717, 1.165) is 24.9 Å². The van der Waals surface area contributed by atoms with Gasteiger partial charge in [-0.3, -0.25) is 4.79 Å². The van der Waals surface area contributed by atoms with Gasteiger partial charge < -0.3 is 14.6 Å². The van der Waals surface area contributed by atoms with Crippen molar-refractivity contribution in [3.63, 3.8) is 0 Å². The third kappa shape index (κ3) is 2.64. The Labute approximate surface area is 95.6 Å².